The Morgan fingerprint density at radius 3 is 2.50 bits per heavy atom. The molecule has 0 fully saturated rings. The summed E-state index contributed by atoms with van der Waals surface area (Å²) in [6.07, 6.45) is 0. The van der Waals surface area contributed by atoms with Gasteiger partial charge in [0.2, 0.25) is 0 Å². The summed E-state index contributed by atoms with van der Waals surface area (Å²) < 4.78 is 52.5. The van der Waals surface area contributed by atoms with E-state index < -0.39 is 26.6 Å². The molecule has 1 heterocycles. The number of nitrogens with zero attached hydrogens (tertiary/aromatic N) is 2. The van der Waals surface area contributed by atoms with Crippen LogP contribution in [0, 0.1) is 11.6 Å². The first kappa shape index (κ1) is 14.4. The van der Waals surface area contributed by atoms with Crippen LogP contribution in [0.25, 0.3) is 0 Å². The Balaban J connectivity index is 2.43. The molecule has 0 unspecified atom stereocenters. The van der Waals surface area contributed by atoms with Crippen LogP contribution in [0.2, 0.25) is 5.15 Å². The number of anilines is 2. The van der Waals surface area contributed by atoms with Crippen LogP contribution in [-0.4, -0.2) is 18.6 Å². The third kappa shape index (κ3) is 2.94. The van der Waals surface area contributed by atoms with Crippen molar-refractivity contribution in [1.82, 2.24) is 10.2 Å². The van der Waals surface area contributed by atoms with Gasteiger partial charge in [0.25, 0.3) is 10.0 Å². The van der Waals surface area contributed by atoms with Crippen LogP contribution in [0.5, 0.6) is 0 Å². The monoisotopic (exact) mass is 320 g/mol. The second-order valence-corrected chi connectivity index (χ2v) is 5.70. The lowest BCUT2D eigenvalue weighted by Crippen LogP contribution is -2.17. The number of rotatable bonds is 3. The van der Waals surface area contributed by atoms with Crippen molar-refractivity contribution in [2.45, 2.75) is 4.90 Å². The lowest BCUT2D eigenvalue weighted by Gasteiger charge is -2.09. The summed E-state index contributed by atoms with van der Waals surface area (Å²) >= 11 is 5.49. The minimum atomic E-state index is -4.39. The van der Waals surface area contributed by atoms with E-state index in [0.29, 0.717) is 6.07 Å². The molecule has 3 N–H and O–H groups in total. The molecule has 2 aromatic rings. The number of nitrogens with two attached hydrogens (primary N) is 1. The highest BCUT2D eigenvalue weighted by atomic mass is 35.5. The van der Waals surface area contributed by atoms with Gasteiger partial charge in [-0.1, -0.05) is 11.6 Å². The zero-order valence-corrected chi connectivity index (χ0v) is 11.2. The predicted octanol–water partition coefficient (Wildman–Crippen LogP) is 1.79. The second kappa shape index (κ2) is 5.17. The molecule has 0 radical (unpaired) electrons. The lowest BCUT2D eigenvalue weighted by molar-refractivity contribution is 0.486. The van der Waals surface area contributed by atoms with Crippen LogP contribution >= 0.6 is 11.6 Å². The standard InChI is InChI=1S/C10H7ClF2N4O2S/c11-8-1-2-9(16-15-8)17-20(18,19)7-4-5(14)3-6(12)10(7)13/h1-4H,14H2,(H,16,17). The van der Waals surface area contributed by atoms with Crippen molar-refractivity contribution in [2.75, 3.05) is 10.5 Å². The smallest absolute Gasteiger partial charge is 0.266 e. The molecule has 0 aliphatic carbocycles. The van der Waals surface area contributed by atoms with Gasteiger partial charge in [0, 0.05) is 5.69 Å². The summed E-state index contributed by atoms with van der Waals surface area (Å²) in [5.41, 5.74) is 5.06. The molecule has 6 nitrogen and oxygen atoms in total. The largest absolute Gasteiger partial charge is 0.399 e. The van der Waals surface area contributed by atoms with E-state index in [1.807, 2.05) is 4.72 Å². The van der Waals surface area contributed by atoms with E-state index in [4.69, 9.17) is 17.3 Å². The van der Waals surface area contributed by atoms with Crippen molar-refractivity contribution < 1.29 is 17.2 Å². The third-order valence-electron chi connectivity index (χ3n) is 2.18. The number of halogens is 3. The molecule has 106 valence electrons. The Hall–Kier alpha value is -2.00. The van der Waals surface area contributed by atoms with Crippen LogP contribution in [0.1, 0.15) is 0 Å². The van der Waals surface area contributed by atoms with Crippen LogP contribution < -0.4 is 10.5 Å². The number of nitrogen functional groups attached to an aromatic ring is 1. The molecular formula is C10H7ClF2N4O2S. The normalized spacial score (nSPS) is 11.3. The molecule has 1 aromatic heterocycles. The van der Waals surface area contributed by atoms with Crippen molar-refractivity contribution in [2.24, 2.45) is 0 Å². The van der Waals surface area contributed by atoms with Crippen molar-refractivity contribution in [3.63, 3.8) is 0 Å². The highest BCUT2D eigenvalue weighted by Gasteiger charge is 2.23. The van der Waals surface area contributed by atoms with Gasteiger partial charge in [-0.3, -0.25) is 4.72 Å². The molecule has 0 atom stereocenters. The SMILES string of the molecule is Nc1cc(F)c(F)c(S(=O)(=O)Nc2ccc(Cl)nn2)c1. The van der Waals surface area contributed by atoms with Crippen molar-refractivity contribution in [3.05, 3.63) is 41.1 Å². The van der Waals surface area contributed by atoms with Gasteiger partial charge in [0.15, 0.2) is 22.6 Å². The van der Waals surface area contributed by atoms with E-state index in [1.54, 1.807) is 0 Å². The Kier molecular flexibility index (Phi) is 3.73. The van der Waals surface area contributed by atoms with Crippen LogP contribution in [0.3, 0.4) is 0 Å². The van der Waals surface area contributed by atoms with Gasteiger partial charge >= 0.3 is 0 Å². The molecule has 2 rings (SSSR count). The van der Waals surface area contributed by atoms with Gasteiger partial charge < -0.3 is 5.73 Å². The van der Waals surface area contributed by atoms with E-state index in [9.17, 15) is 17.2 Å². The van der Waals surface area contributed by atoms with E-state index >= 15 is 0 Å². The van der Waals surface area contributed by atoms with Crippen LogP contribution in [-0.2, 0) is 10.0 Å². The summed E-state index contributed by atoms with van der Waals surface area (Å²) in [5.74, 6) is -3.10. The highest BCUT2D eigenvalue weighted by molar-refractivity contribution is 7.92. The molecule has 0 bridgehead atoms. The zero-order chi connectivity index (χ0) is 14.9. The van der Waals surface area contributed by atoms with Crippen LogP contribution in [0.15, 0.2) is 29.2 Å². The first-order valence-corrected chi connectivity index (χ1v) is 6.92. The van der Waals surface area contributed by atoms with E-state index in [0.717, 1.165) is 6.07 Å². The van der Waals surface area contributed by atoms with Gasteiger partial charge in [0.1, 0.15) is 4.90 Å². The second-order valence-electron chi connectivity index (χ2n) is 3.66. The van der Waals surface area contributed by atoms with Gasteiger partial charge in [0.05, 0.1) is 0 Å². The van der Waals surface area contributed by atoms with Crippen molar-refractivity contribution in [3.8, 4) is 0 Å². The van der Waals surface area contributed by atoms with Gasteiger partial charge in [-0.25, -0.2) is 17.2 Å². The molecule has 0 aliphatic rings. The number of hydrogen-bond donors (Lipinski definition) is 2. The summed E-state index contributed by atoms with van der Waals surface area (Å²) in [7, 11) is -4.39. The van der Waals surface area contributed by atoms with Gasteiger partial charge in [-0.05, 0) is 24.3 Å². The minimum Gasteiger partial charge on any atom is -0.399 e. The summed E-state index contributed by atoms with van der Waals surface area (Å²) in [4.78, 5) is -0.924. The molecule has 10 heteroatoms. The molecule has 0 aliphatic heterocycles. The molecule has 0 spiro atoms. The molecule has 0 amide bonds. The van der Waals surface area contributed by atoms with Gasteiger partial charge in [-0.2, -0.15) is 0 Å². The van der Waals surface area contributed by atoms with Gasteiger partial charge in [-0.15, -0.1) is 10.2 Å². The third-order valence-corrected chi connectivity index (χ3v) is 3.73. The Bertz CT molecular complexity index is 753. The van der Waals surface area contributed by atoms with E-state index in [1.165, 1.54) is 12.1 Å². The molecule has 1 aromatic carbocycles. The molecule has 20 heavy (non-hydrogen) atoms. The minimum absolute atomic E-state index is 0.0501. The van der Waals surface area contributed by atoms with Crippen molar-refractivity contribution >= 4 is 33.1 Å². The maximum Gasteiger partial charge on any atom is 0.266 e. The predicted molar refractivity (Wildman–Crippen MR) is 68.6 cm³/mol. The number of aromatic nitrogens is 2. The number of hydrogen-bond acceptors (Lipinski definition) is 5. The number of benzene rings is 1. The molecular weight excluding hydrogens is 314 g/mol. The average Bonchev–Trinajstić information content (AvgIpc) is 2.36. The Labute approximate surface area is 117 Å². The first-order valence-electron chi connectivity index (χ1n) is 5.06. The fourth-order valence-corrected chi connectivity index (χ4v) is 2.56. The lowest BCUT2D eigenvalue weighted by atomic mass is 10.3. The maximum atomic E-state index is 13.5. The maximum absolute atomic E-state index is 13.5. The topological polar surface area (TPSA) is 98.0 Å². The summed E-state index contributed by atoms with van der Waals surface area (Å²) in [5, 5.41) is 6.90. The Morgan fingerprint density at radius 2 is 1.90 bits per heavy atom. The van der Waals surface area contributed by atoms with E-state index in [-0.39, 0.29) is 16.7 Å². The first-order chi connectivity index (χ1) is 9.29. The number of nitrogens with one attached hydrogen (secondary N) is 1. The Morgan fingerprint density at radius 1 is 1.20 bits per heavy atom. The quantitative estimate of drug-likeness (QED) is 0.840. The average molecular weight is 321 g/mol. The van der Waals surface area contributed by atoms with Crippen LogP contribution in [0.4, 0.5) is 20.3 Å². The molecule has 0 saturated carbocycles. The van der Waals surface area contributed by atoms with Crippen molar-refractivity contribution in [1.29, 1.82) is 0 Å². The molecule has 0 saturated heterocycles. The highest BCUT2D eigenvalue weighted by Crippen LogP contribution is 2.23. The fourth-order valence-electron chi connectivity index (χ4n) is 1.34. The summed E-state index contributed by atoms with van der Waals surface area (Å²) in [6.45, 7) is 0. The summed E-state index contributed by atoms with van der Waals surface area (Å²) in [6, 6.07) is 3.97. The van der Waals surface area contributed by atoms with E-state index in [2.05, 4.69) is 10.2 Å². The fraction of sp³-hybridized carbons (Fsp3) is 0. The number of sulfonamides is 1. The zero-order valence-electron chi connectivity index (χ0n) is 9.64.